The predicted molar refractivity (Wildman–Crippen MR) is 72.2 cm³/mol. The predicted octanol–water partition coefficient (Wildman–Crippen LogP) is 2.47. The molecule has 4 nitrogen and oxygen atoms in total. The monoisotopic (exact) mass is 296 g/mol. The van der Waals surface area contributed by atoms with Gasteiger partial charge in [0.15, 0.2) is 0 Å². The zero-order valence-electron chi connectivity index (χ0n) is 9.12. The molecule has 0 amide bonds. The molecule has 0 atom stereocenters. The molecular formula is C10H14Cl2N2O2S. The molecule has 0 aliphatic heterocycles. The van der Waals surface area contributed by atoms with Crippen molar-refractivity contribution in [3.63, 3.8) is 0 Å². The summed E-state index contributed by atoms with van der Waals surface area (Å²) in [5, 5.41) is 0.519. The van der Waals surface area contributed by atoms with E-state index in [2.05, 4.69) is 4.72 Å². The summed E-state index contributed by atoms with van der Waals surface area (Å²) in [4.78, 5) is 0. The van der Waals surface area contributed by atoms with Crippen LogP contribution in [-0.2, 0) is 10.0 Å². The SMILES string of the molecule is NCCCCS(=O)(=O)Nc1cccc(Cl)c1Cl. The molecule has 7 heteroatoms. The van der Waals surface area contributed by atoms with Crippen molar-refractivity contribution in [1.82, 2.24) is 0 Å². The molecule has 0 unspecified atom stereocenters. The molecule has 1 rings (SSSR count). The lowest BCUT2D eigenvalue weighted by molar-refractivity contribution is 0.597. The van der Waals surface area contributed by atoms with Gasteiger partial charge in [-0.15, -0.1) is 0 Å². The van der Waals surface area contributed by atoms with Crippen molar-refractivity contribution in [1.29, 1.82) is 0 Å². The lowest BCUT2D eigenvalue weighted by Crippen LogP contribution is -2.17. The summed E-state index contributed by atoms with van der Waals surface area (Å²) >= 11 is 11.7. The normalized spacial score (nSPS) is 11.5. The average molecular weight is 297 g/mol. The minimum absolute atomic E-state index is 0.0209. The summed E-state index contributed by atoms with van der Waals surface area (Å²) in [7, 11) is -3.39. The van der Waals surface area contributed by atoms with Gasteiger partial charge in [-0.25, -0.2) is 8.42 Å². The molecule has 0 aliphatic carbocycles. The second-order valence-corrected chi connectivity index (χ2v) is 6.15. The molecule has 0 aliphatic rings. The summed E-state index contributed by atoms with van der Waals surface area (Å²) in [5.74, 6) is 0.0209. The Morgan fingerprint density at radius 2 is 1.94 bits per heavy atom. The number of nitrogens with one attached hydrogen (secondary N) is 1. The lowest BCUT2D eigenvalue weighted by atomic mass is 10.3. The third kappa shape index (κ3) is 4.71. The molecule has 0 bridgehead atoms. The van der Waals surface area contributed by atoms with Crippen LogP contribution in [0.4, 0.5) is 5.69 Å². The van der Waals surface area contributed by atoms with Gasteiger partial charge < -0.3 is 5.73 Å². The zero-order valence-corrected chi connectivity index (χ0v) is 11.4. The highest BCUT2D eigenvalue weighted by Gasteiger charge is 2.13. The number of benzene rings is 1. The molecule has 0 spiro atoms. The first-order valence-corrected chi connectivity index (χ1v) is 7.51. The van der Waals surface area contributed by atoms with E-state index in [9.17, 15) is 8.42 Å². The third-order valence-corrected chi connectivity index (χ3v) is 4.26. The van der Waals surface area contributed by atoms with E-state index in [0.29, 0.717) is 30.1 Å². The van der Waals surface area contributed by atoms with Crippen molar-refractivity contribution in [2.24, 2.45) is 5.73 Å². The number of unbranched alkanes of at least 4 members (excludes halogenated alkanes) is 1. The summed E-state index contributed by atoms with van der Waals surface area (Å²) in [6, 6.07) is 4.79. The van der Waals surface area contributed by atoms with Gasteiger partial charge in [0.1, 0.15) is 0 Å². The van der Waals surface area contributed by atoms with E-state index in [1.165, 1.54) is 0 Å². The molecule has 17 heavy (non-hydrogen) atoms. The number of anilines is 1. The van der Waals surface area contributed by atoms with E-state index >= 15 is 0 Å². The summed E-state index contributed by atoms with van der Waals surface area (Å²) in [6.45, 7) is 0.480. The maximum Gasteiger partial charge on any atom is 0.232 e. The number of halogens is 2. The quantitative estimate of drug-likeness (QED) is 0.792. The second kappa shape index (κ2) is 6.44. The summed E-state index contributed by atoms with van der Waals surface area (Å²) < 4.78 is 25.8. The van der Waals surface area contributed by atoms with Crippen LogP contribution < -0.4 is 10.5 Å². The average Bonchev–Trinajstić information content (AvgIpc) is 2.25. The van der Waals surface area contributed by atoms with Crippen molar-refractivity contribution in [2.75, 3.05) is 17.0 Å². The van der Waals surface area contributed by atoms with Crippen LogP contribution in [0.15, 0.2) is 18.2 Å². The highest BCUT2D eigenvalue weighted by molar-refractivity contribution is 7.92. The molecule has 1 aromatic rings. The first kappa shape index (κ1) is 14.6. The Morgan fingerprint density at radius 1 is 1.24 bits per heavy atom. The largest absolute Gasteiger partial charge is 0.330 e. The summed E-state index contributed by atoms with van der Waals surface area (Å²) in [5.41, 5.74) is 5.60. The van der Waals surface area contributed by atoms with Crippen molar-refractivity contribution in [3.8, 4) is 0 Å². The molecule has 96 valence electrons. The van der Waals surface area contributed by atoms with Crippen molar-refractivity contribution in [3.05, 3.63) is 28.2 Å². The van der Waals surface area contributed by atoms with Gasteiger partial charge >= 0.3 is 0 Å². The Kier molecular flexibility index (Phi) is 5.52. The first-order valence-electron chi connectivity index (χ1n) is 5.11. The first-order chi connectivity index (χ1) is 7.96. The van der Waals surface area contributed by atoms with Gasteiger partial charge in [-0.1, -0.05) is 29.3 Å². The highest BCUT2D eigenvalue weighted by Crippen LogP contribution is 2.30. The van der Waals surface area contributed by atoms with Crippen LogP contribution in [0, 0.1) is 0 Å². The molecule has 3 N–H and O–H groups in total. The maximum absolute atomic E-state index is 11.7. The number of nitrogens with two attached hydrogens (primary N) is 1. The Labute approximate surface area is 111 Å². The van der Waals surface area contributed by atoms with Crippen molar-refractivity contribution < 1.29 is 8.42 Å². The fourth-order valence-electron chi connectivity index (χ4n) is 1.24. The Bertz CT molecular complexity index is 477. The molecule has 0 heterocycles. The topological polar surface area (TPSA) is 72.2 Å². The number of hydrogen-bond donors (Lipinski definition) is 2. The van der Waals surface area contributed by atoms with Gasteiger partial charge in [0.25, 0.3) is 0 Å². The van der Waals surface area contributed by atoms with E-state index in [1.54, 1.807) is 18.2 Å². The molecular weight excluding hydrogens is 283 g/mol. The molecule has 0 saturated carbocycles. The van der Waals surface area contributed by atoms with Crippen LogP contribution in [-0.4, -0.2) is 20.7 Å². The Hall–Kier alpha value is -0.490. The summed E-state index contributed by atoms with van der Waals surface area (Å²) in [6.07, 6.45) is 1.19. The van der Waals surface area contributed by atoms with Gasteiger partial charge in [-0.05, 0) is 31.5 Å². The van der Waals surface area contributed by atoms with Gasteiger partial charge in [0.2, 0.25) is 10.0 Å². The van der Waals surface area contributed by atoms with Gasteiger partial charge in [-0.3, -0.25) is 4.72 Å². The number of hydrogen-bond acceptors (Lipinski definition) is 3. The fourth-order valence-corrected chi connectivity index (χ4v) is 2.83. The van der Waals surface area contributed by atoms with E-state index in [1.807, 2.05) is 0 Å². The molecule has 1 aromatic carbocycles. The van der Waals surface area contributed by atoms with Gasteiger partial charge in [0, 0.05) is 0 Å². The lowest BCUT2D eigenvalue weighted by Gasteiger charge is -2.09. The molecule has 0 fully saturated rings. The van der Waals surface area contributed by atoms with Crippen LogP contribution in [0.2, 0.25) is 10.0 Å². The second-order valence-electron chi connectivity index (χ2n) is 3.52. The smallest absolute Gasteiger partial charge is 0.232 e. The molecule has 0 aromatic heterocycles. The zero-order chi connectivity index (χ0) is 12.9. The third-order valence-electron chi connectivity index (χ3n) is 2.08. The van der Waals surface area contributed by atoms with Crippen LogP contribution in [0.5, 0.6) is 0 Å². The van der Waals surface area contributed by atoms with Gasteiger partial charge in [-0.2, -0.15) is 0 Å². The van der Waals surface area contributed by atoms with Gasteiger partial charge in [0.05, 0.1) is 21.5 Å². The minimum Gasteiger partial charge on any atom is -0.330 e. The minimum atomic E-state index is -3.39. The van der Waals surface area contributed by atoms with E-state index < -0.39 is 10.0 Å². The van der Waals surface area contributed by atoms with Crippen LogP contribution in [0.1, 0.15) is 12.8 Å². The van der Waals surface area contributed by atoms with Crippen molar-refractivity contribution >= 4 is 38.9 Å². The van der Waals surface area contributed by atoms with Crippen LogP contribution in [0.25, 0.3) is 0 Å². The van der Waals surface area contributed by atoms with Crippen LogP contribution in [0.3, 0.4) is 0 Å². The maximum atomic E-state index is 11.7. The fraction of sp³-hybridized carbons (Fsp3) is 0.400. The highest BCUT2D eigenvalue weighted by atomic mass is 35.5. The number of rotatable bonds is 6. The van der Waals surface area contributed by atoms with E-state index in [4.69, 9.17) is 28.9 Å². The standard InChI is InChI=1S/C10H14Cl2N2O2S/c11-8-4-3-5-9(10(8)12)14-17(15,16)7-2-1-6-13/h3-5,14H,1-2,6-7,13H2. The molecule has 0 saturated heterocycles. The number of sulfonamides is 1. The van der Waals surface area contributed by atoms with Crippen LogP contribution >= 0.6 is 23.2 Å². The van der Waals surface area contributed by atoms with E-state index in [0.717, 1.165) is 0 Å². The van der Waals surface area contributed by atoms with Crippen molar-refractivity contribution in [2.45, 2.75) is 12.8 Å². The van der Waals surface area contributed by atoms with E-state index in [-0.39, 0.29) is 10.8 Å². The molecule has 0 radical (unpaired) electrons. The Balaban J connectivity index is 2.73. The Morgan fingerprint density at radius 3 is 2.59 bits per heavy atom.